The van der Waals surface area contributed by atoms with E-state index in [0.29, 0.717) is 12.8 Å². The van der Waals surface area contributed by atoms with Crippen LogP contribution in [0, 0.1) is 0 Å². The lowest BCUT2D eigenvalue weighted by Gasteiger charge is -2.18. The highest BCUT2D eigenvalue weighted by molar-refractivity contribution is 7.88. The van der Waals surface area contributed by atoms with E-state index in [4.69, 9.17) is 0 Å². The number of nitrogens with one attached hydrogen (secondary N) is 1. The van der Waals surface area contributed by atoms with E-state index in [2.05, 4.69) is 58.6 Å². The molecule has 1 aromatic heterocycles. The molecular formula is C27H24F3NO3S. The Labute approximate surface area is 201 Å². The standard InChI is InChI=1S/C27H24F3NO3S/c1-2-3-4-17-5-7-18(8-6-17)19-9-12-23-24-13-10-20-15-21(34-35(32,33)27(28,29)30)11-14-22(20)26(24)31-25(23)16-19/h5-9,11-12,14-16,31H,2-4,10,13H2,1H3. The molecule has 1 aliphatic carbocycles. The third kappa shape index (κ3) is 4.43. The van der Waals surface area contributed by atoms with Gasteiger partial charge in [0.25, 0.3) is 0 Å². The van der Waals surface area contributed by atoms with Crippen LogP contribution in [0.15, 0.2) is 60.7 Å². The predicted octanol–water partition coefficient (Wildman–Crippen LogP) is 7.17. The maximum absolute atomic E-state index is 12.7. The molecule has 4 nitrogen and oxygen atoms in total. The number of rotatable bonds is 6. The van der Waals surface area contributed by atoms with Crippen molar-refractivity contribution in [2.24, 2.45) is 0 Å². The van der Waals surface area contributed by atoms with E-state index < -0.39 is 15.6 Å². The molecule has 35 heavy (non-hydrogen) atoms. The summed E-state index contributed by atoms with van der Waals surface area (Å²) in [6.07, 6.45) is 4.67. The van der Waals surface area contributed by atoms with Gasteiger partial charge in [-0.3, -0.25) is 0 Å². The highest BCUT2D eigenvalue weighted by Gasteiger charge is 2.48. The van der Waals surface area contributed by atoms with Gasteiger partial charge in [0.2, 0.25) is 0 Å². The lowest BCUT2D eigenvalue weighted by molar-refractivity contribution is -0.0500. The summed E-state index contributed by atoms with van der Waals surface area (Å²) >= 11 is 0. The zero-order valence-corrected chi connectivity index (χ0v) is 19.9. The van der Waals surface area contributed by atoms with Crippen LogP contribution in [0.4, 0.5) is 13.2 Å². The first kappa shape index (κ1) is 23.5. The summed E-state index contributed by atoms with van der Waals surface area (Å²) in [5.41, 5.74) is 2.69. The van der Waals surface area contributed by atoms with Crippen LogP contribution in [0.2, 0.25) is 0 Å². The summed E-state index contributed by atoms with van der Waals surface area (Å²) in [6, 6.07) is 19.2. The predicted molar refractivity (Wildman–Crippen MR) is 131 cm³/mol. The molecule has 5 rings (SSSR count). The molecule has 3 aromatic carbocycles. The van der Waals surface area contributed by atoms with Gasteiger partial charge in [-0.1, -0.05) is 49.7 Å². The van der Waals surface area contributed by atoms with Gasteiger partial charge in [-0.2, -0.15) is 21.6 Å². The van der Waals surface area contributed by atoms with E-state index in [0.717, 1.165) is 50.8 Å². The Balaban J connectivity index is 1.46. The number of halogens is 3. The van der Waals surface area contributed by atoms with Gasteiger partial charge in [0, 0.05) is 22.2 Å². The van der Waals surface area contributed by atoms with Crippen molar-refractivity contribution < 1.29 is 25.8 Å². The van der Waals surface area contributed by atoms with Crippen LogP contribution in [-0.4, -0.2) is 18.9 Å². The second kappa shape index (κ2) is 8.75. The van der Waals surface area contributed by atoms with Gasteiger partial charge >= 0.3 is 15.6 Å². The number of hydrogen-bond acceptors (Lipinski definition) is 3. The molecule has 0 fully saturated rings. The fraction of sp³-hybridized carbons (Fsp3) is 0.259. The van der Waals surface area contributed by atoms with Crippen molar-refractivity contribution in [1.82, 2.24) is 4.98 Å². The number of benzene rings is 3. The van der Waals surface area contributed by atoms with Crippen molar-refractivity contribution in [3.8, 4) is 28.1 Å². The minimum Gasteiger partial charge on any atom is -0.376 e. The van der Waals surface area contributed by atoms with Gasteiger partial charge in [0.15, 0.2) is 0 Å². The SMILES string of the molecule is CCCCc1ccc(-c2ccc3c4c([nH]c3c2)-c2ccc(OS(=O)(=O)C(F)(F)F)cc2CC4)cc1. The van der Waals surface area contributed by atoms with Crippen LogP contribution in [-0.2, 0) is 29.4 Å². The lowest BCUT2D eigenvalue weighted by atomic mass is 9.89. The first-order chi connectivity index (χ1) is 16.7. The number of fused-ring (bicyclic) bond motifs is 5. The Morgan fingerprint density at radius 2 is 1.69 bits per heavy atom. The summed E-state index contributed by atoms with van der Waals surface area (Å²) in [5.74, 6) is -0.342. The van der Waals surface area contributed by atoms with Crippen LogP contribution in [0.1, 0.15) is 36.5 Å². The van der Waals surface area contributed by atoms with E-state index in [9.17, 15) is 21.6 Å². The maximum atomic E-state index is 12.7. The van der Waals surface area contributed by atoms with Crippen molar-refractivity contribution in [2.75, 3.05) is 0 Å². The molecule has 0 bridgehead atoms. The largest absolute Gasteiger partial charge is 0.534 e. The summed E-state index contributed by atoms with van der Waals surface area (Å²) in [6.45, 7) is 2.18. The van der Waals surface area contributed by atoms with Crippen LogP contribution < -0.4 is 4.18 Å². The fourth-order valence-corrected chi connectivity index (χ4v) is 5.13. The Hall–Kier alpha value is -3.26. The number of aryl methyl sites for hydroxylation is 3. The van der Waals surface area contributed by atoms with Gasteiger partial charge < -0.3 is 9.17 Å². The first-order valence-electron chi connectivity index (χ1n) is 11.5. The minimum atomic E-state index is -5.70. The van der Waals surface area contributed by atoms with Gasteiger partial charge in [-0.25, -0.2) is 0 Å². The van der Waals surface area contributed by atoms with E-state index in [1.807, 2.05) is 0 Å². The molecular weight excluding hydrogens is 475 g/mol. The van der Waals surface area contributed by atoms with E-state index >= 15 is 0 Å². The number of H-pyrrole nitrogens is 1. The molecule has 1 N–H and O–H groups in total. The number of aromatic amines is 1. The molecule has 0 aliphatic heterocycles. The summed E-state index contributed by atoms with van der Waals surface area (Å²) in [4.78, 5) is 3.47. The normalized spacial score (nSPS) is 13.5. The second-order valence-corrected chi connectivity index (χ2v) is 10.4. The highest BCUT2D eigenvalue weighted by Crippen LogP contribution is 2.40. The average molecular weight is 500 g/mol. The smallest absolute Gasteiger partial charge is 0.376 e. The van der Waals surface area contributed by atoms with Gasteiger partial charge in [0.05, 0.1) is 0 Å². The molecule has 0 spiro atoms. The van der Waals surface area contributed by atoms with Gasteiger partial charge in [0.1, 0.15) is 5.75 Å². The number of unbranched alkanes of at least 4 members (excludes halogenated alkanes) is 1. The molecule has 0 atom stereocenters. The van der Waals surface area contributed by atoms with Crippen molar-refractivity contribution in [2.45, 2.75) is 44.5 Å². The molecule has 1 aliphatic rings. The van der Waals surface area contributed by atoms with Crippen molar-refractivity contribution in [3.05, 3.63) is 77.4 Å². The van der Waals surface area contributed by atoms with Crippen LogP contribution in [0.5, 0.6) is 5.75 Å². The van der Waals surface area contributed by atoms with Crippen LogP contribution in [0.25, 0.3) is 33.3 Å². The molecule has 0 saturated carbocycles. The second-order valence-electron chi connectivity index (χ2n) is 8.84. The molecule has 0 unspecified atom stereocenters. The van der Waals surface area contributed by atoms with E-state index in [1.54, 1.807) is 6.07 Å². The summed E-state index contributed by atoms with van der Waals surface area (Å²) in [7, 11) is -5.70. The summed E-state index contributed by atoms with van der Waals surface area (Å²) in [5, 5.41) is 1.11. The third-order valence-electron chi connectivity index (χ3n) is 6.49. The zero-order valence-electron chi connectivity index (χ0n) is 19.1. The molecule has 182 valence electrons. The Morgan fingerprint density at radius 1 is 0.943 bits per heavy atom. The van der Waals surface area contributed by atoms with Crippen molar-refractivity contribution in [1.29, 1.82) is 0 Å². The van der Waals surface area contributed by atoms with Crippen molar-refractivity contribution >= 4 is 21.0 Å². The van der Waals surface area contributed by atoms with Crippen LogP contribution in [0.3, 0.4) is 0 Å². The van der Waals surface area contributed by atoms with Gasteiger partial charge in [-0.15, -0.1) is 0 Å². The third-order valence-corrected chi connectivity index (χ3v) is 7.47. The monoisotopic (exact) mass is 499 g/mol. The number of aromatic nitrogens is 1. The number of alkyl halides is 3. The minimum absolute atomic E-state index is 0.342. The van der Waals surface area contributed by atoms with Crippen molar-refractivity contribution in [3.63, 3.8) is 0 Å². The topological polar surface area (TPSA) is 59.2 Å². The van der Waals surface area contributed by atoms with Crippen LogP contribution >= 0.6 is 0 Å². The van der Waals surface area contributed by atoms with E-state index in [1.165, 1.54) is 30.5 Å². The first-order valence-corrected chi connectivity index (χ1v) is 12.9. The Morgan fingerprint density at radius 3 is 2.40 bits per heavy atom. The number of hydrogen-bond donors (Lipinski definition) is 1. The Bertz CT molecular complexity index is 1500. The lowest BCUT2D eigenvalue weighted by Crippen LogP contribution is -2.28. The zero-order chi connectivity index (χ0) is 24.8. The maximum Gasteiger partial charge on any atom is 0.534 e. The molecule has 0 radical (unpaired) electrons. The fourth-order valence-electron chi connectivity index (χ4n) is 4.68. The van der Waals surface area contributed by atoms with Gasteiger partial charge in [-0.05, 0) is 77.8 Å². The average Bonchev–Trinajstić information content (AvgIpc) is 3.20. The van der Waals surface area contributed by atoms with E-state index in [-0.39, 0.29) is 5.75 Å². The summed E-state index contributed by atoms with van der Waals surface area (Å²) < 4.78 is 65.1. The molecule has 8 heteroatoms. The molecule has 4 aromatic rings. The highest BCUT2D eigenvalue weighted by atomic mass is 32.2. The molecule has 1 heterocycles. The molecule has 0 saturated heterocycles. The Kier molecular flexibility index (Phi) is 5.87. The molecule has 0 amide bonds. The quantitative estimate of drug-likeness (QED) is 0.226.